The third-order valence-electron chi connectivity index (χ3n) is 3.30. The average Bonchev–Trinajstić information content (AvgIpc) is 2.45. The zero-order valence-electron chi connectivity index (χ0n) is 11.3. The molecule has 2 rings (SSSR count). The van der Waals surface area contributed by atoms with E-state index < -0.39 is 6.10 Å². The minimum atomic E-state index is -0.419. The summed E-state index contributed by atoms with van der Waals surface area (Å²) in [5.74, 6) is -0.0658. The molecule has 20 heavy (non-hydrogen) atoms. The number of nitrogens with one attached hydrogen (secondary N) is 2. The van der Waals surface area contributed by atoms with Crippen molar-refractivity contribution in [2.24, 2.45) is 0 Å². The molecule has 110 valence electrons. The van der Waals surface area contributed by atoms with Gasteiger partial charge in [-0.1, -0.05) is 36.2 Å². The van der Waals surface area contributed by atoms with Gasteiger partial charge in [-0.25, -0.2) is 0 Å². The largest absolute Gasteiger partial charge is 0.366 e. The van der Waals surface area contributed by atoms with Crippen LogP contribution in [0.5, 0.6) is 0 Å². The Kier molecular flexibility index (Phi) is 5.66. The normalized spacial score (nSPS) is 20.4. The topological polar surface area (TPSA) is 50.4 Å². The van der Waals surface area contributed by atoms with E-state index in [0.29, 0.717) is 29.7 Å². The van der Waals surface area contributed by atoms with Gasteiger partial charge in [-0.15, -0.1) is 0 Å². The third-order valence-corrected chi connectivity index (χ3v) is 3.95. The molecule has 2 unspecified atom stereocenters. The van der Waals surface area contributed by atoms with Crippen molar-refractivity contribution in [2.45, 2.75) is 18.9 Å². The molecule has 2 atom stereocenters. The predicted molar refractivity (Wildman–Crippen MR) is 80.5 cm³/mol. The van der Waals surface area contributed by atoms with Crippen LogP contribution in [0.4, 0.5) is 0 Å². The Bertz CT molecular complexity index is 456. The summed E-state index contributed by atoms with van der Waals surface area (Å²) in [5, 5.41) is 7.25. The number of ether oxygens (including phenoxy) is 1. The van der Waals surface area contributed by atoms with Crippen LogP contribution in [0, 0.1) is 0 Å². The van der Waals surface area contributed by atoms with Crippen molar-refractivity contribution in [1.29, 1.82) is 0 Å². The molecule has 0 radical (unpaired) electrons. The summed E-state index contributed by atoms with van der Waals surface area (Å²) in [6, 6.07) is 5.41. The number of rotatable bonds is 4. The van der Waals surface area contributed by atoms with Gasteiger partial charge in [0.2, 0.25) is 5.91 Å². The Morgan fingerprint density at radius 2 is 2.20 bits per heavy atom. The maximum Gasteiger partial charge on any atom is 0.250 e. The zero-order chi connectivity index (χ0) is 14.5. The molecule has 1 saturated heterocycles. The van der Waals surface area contributed by atoms with E-state index in [1.54, 1.807) is 18.2 Å². The van der Waals surface area contributed by atoms with Gasteiger partial charge in [-0.2, -0.15) is 0 Å². The van der Waals surface area contributed by atoms with Gasteiger partial charge in [0.25, 0.3) is 0 Å². The molecule has 1 heterocycles. The lowest BCUT2D eigenvalue weighted by molar-refractivity contribution is -0.134. The van der Waals surface area contributed by atoms with Gasteiger partial charge in [0.15, 0.2) is 0 Å². The van der Waals surface area contributed by atoms with E-state index in [4.69, 9.17) is 27.9 Å². The number of halogens is 2. The highest BCUT2D eigenvalue weighted by Gasteiger charge is 2.22. The molecule has 0 aromatic heterocycles. The van der Waals surface area contributed by atoms with Gasteiger partial charge in [-0.3, -0.25) is 4.79 Å². The van der Waals surface area contributed by atoms with Crippen LogP contribution in [0.2, 0.25) is 10.0 Å². The third kappa shape index (κ3) is 3.85. The summed E-state index contributed by atoms with van der Waals surface area (Å²) in [4.78, 5) is 12.0. The summed E-state index contributed by atoms with van der Waals surface area (Å²) in [7, 11) is 0. The van der Waals surface area contributed by atoms with Crippen LogP contribution in [0.25, 0.3) is 0 Å². The number of benzene rings is 1. The first-order valence-electron chi connectivity index (χ1n) is 6.63. The van der Waals surface area contributed by atoms with Crippen LogP contribution in [-0.4, -0.2) is 38.3 Å². The quantitative estimate of drug-likeness (QED) is 0.895. The van der Waals surface area contributed by atoms with E-state index in [1.807, 2.05) is 6.92 Å². The molecule has 1 amide bonds. The number of carbonyl (C=O) groups is 1. The minimum absolute atomic E-state index is 0.0386. The van der Waals surface area contributed by atoms with Crippen molar-refractivity contribution in [1.82, 2.24) is 10.6 Å². The SMILES string of the molecule is CC(CNC(=O)C1CNCCO1)c1c(Cl)cccc1Cl. The van der Waals surface area contributed by atoms with E-state index in [-0.39, 0.29) is 11.8 Å². The molecule has 4 nitrogen and oxygen atoms in total. The van der Waals surface area contributed by atoms with Crippen molar-refractivity contribution in [3.8, 4) is 0 Å². The first kappa shape index (κ1) is 15.6. The van der Waals surface area contributed by atoms with Crippen LogP contribution in [0.1, 0.15) is 18.4 Å². The molecule has 2 N–H and O–H groups in total. The van der Waals surface area contributed by atoms with Gasteiger partial charge >= 0.3 is 0 Å². The fraction of sp³-hybridized carbons (Fsp3) is 0.500. The molecular formula is C14H18Cl2N2O2. The lowest BCUT2D eigenvalue weighted by Crippen LogP contribution is -2.48. The van der Waals surface area contributed by atoms with E-state index in [2.05, 4.69) is 10.6 Å². The summed E-state index contributed by atoms with van der Waals surface area (Å²) in [5.41, 5.74) is 0.860. The van der Waals surface area contributed by atoms with Gasteiger partial charge in [0.1, 0.15) is 6.10 Å². The maximum atomic E-state index is 12.0. The molecule has 0 spiro atoms. The first-order valence-corrected chi connectivity index (χ1v) is 7.39. The number of hydrogen-bond donors (Lipinski definition) is 2. The smallest absolute Gasteiger partial charge is 0.250 e. The second-order valence-electron chi connectivity index (χ2n) is 4.85. The standard InChI is InChI=1S/C14H18Cl2N2O2/c1-9(13-10(15)3-2-4-11(13)16)7-18-14(19)12-8-17-5-6-20-12/h2-4,9,12,17H,5-8H2,1H3,(H,18,19). The molecule has 6 heteroatoms. The lowest BCUT2D eigenvalue weighted by Gasteiger charge is -2.24. The predicted octanol–water partition coefficient (Wildman–Crippen LogP) is 2.20. The van der Waals surface area contributed by atoms with Crippen LogP contribution in [0.15, 0.2) is 18.2 Å². The Morgan fingerprint density at radius 3 is 2.80 bits per heavy atom. The molecule has 1 aromatic rings. The van der Waals surface area contributed by atoms with Crippen LogP contribution in [0.3, 0.4) is 0 Å². The minimum Gasteiger partial charge on any atom is -0.366 e. The monoisotopic (exact) mass is 316 g/mol. The summed E-state index contributed by atoms with van der Waals surface area (Å²) in [6.07, 6.45) is -0.419. The van der Waals surface area contributed by atoms with Gasteiger partial charge in [0.05, 0.1) is 6.61 Å². The van der Waals surface area contributed by atoms with Crippen molar-refractivity contribution in [3.63, 3.8) is 0 Å². The summed E-state index contributed by atoms with van der Waals surface area (Å²) >= 11 is 12.3. The number of hydrogen-bond acceptors (Lipinski definition) is 3. The van der Waals surface area contributed by atoms with Crippen LogP contribution < -0.4 is 10.6 Å². The van der Waals surface area contributed by atoms with Gasteiger partial charge in [-0.05, 0) is 17.7 Å². The summed E-state index contributed by atoms with van der Waals surface area (Å²) < 4.78 is 5.40. The number of morpholine rings is 1. The van der Waals surface area contributed by atoms with Crippen LogP contribution in [-0.2, 0) is 9.53 Å². The Hall–Kier alpha value is -0.810. The van der Waals surface area contributed by atoms with Crippen molar-refractivity contribution >= 4 is 29.1 Å². The number of carbonyl (C=O) groups excluding carboxylic acids is 1. The Labute approximate surface area is 128 Å². The molecule has 1 aromatic carbocycles. The maximum absolute atomic E-state index is 12.0. The fourth-order valence-electron chi connectivity index (χ4n) is 2.18. The highest BCUT2D eigenvalue weighted by atomic mass is 35.5. The molecule has 0 aliphatic carbocycles. The summed E-state index contributed by atoms with van der Waals surface area (Å²) in [6.45, 7) is 4.35. The van der Waals surface area contributed by atoms with E-state index in [1.165, 1.54) is 0 Å². The lowest BCUT2D eigenvalue weighted by atomic mass is 10.0. The molecule has 1 aliphatic heterocycles. The van der Waals surface area contributed by atoms with Crippen molar-refractivity contribution < 1.29 is 9.53 Å². The molecule has 1 aliphatic rings. The average molecular weight is 317 g/mol. The van der Waals surface area contributed by atoms with Gasteiger partial charge < -0.3 is 15.4 Å². The Morgan fingerprint density at radius 1 is 1.50 bits per heavy atom. The second-order valence-corrected chi connectivity index (χ2v) is 5.66. The van der Waals surface area contributed by atoms with Crippen molar-refractivity contribution in [3.05, 3.63) is 33.8 Å². The van der Waals surface area contributed by atoms with Crippen molar-refractivity contribution in [2.75, 3.05) is 26.2 Å². The first-order chi connectivity index (χ1) is 9.59. The van der Waals surface area contributed by atoms with E-state index in [9.17, 15) is 4.79 Å². The highest BCUT2D eigenvalue weighted by Crippen LogP contribution is 2.30. The molecular weight excluding hydrogens is 299 g/mol. The van der Waals surface area contributed by atoms with E-state index in [0.717, 1.165) is 12.1 Å². The fourth-order valence-corrected chi connectivity index (χ4v) is 2.95. The second kappa shape index (κ2) is 7.27. The zero-order valence-corrected chi connectivity index (χ0v) is 12.8. The molecule has 0 saturated carbocycles. The molecule has 0 bridgehead atoms. The van der Waals surface area contributed by atoms with Crippen LogP contribution >= 0.6 is 23.2 Å². The Balaban J connectivity index is 1.91. The molecule has 1 fully saturated rings. The number of amides is 1. The van der Waals surface area contributed by atoms with Gasteiger partial charge in [0, 0.05) is 35.6 Å². The van der Waals surface area contributed by atoms with E-state index >= 15 is 0 Å². The highest BCUT2D eigenvalue weighted by molar-refractivity contribution is 6.36.